The summed E-state index contributed by atoms with van der Waals surface area (Å²) in [7, 11) is 0. The van der Waals surface area contributed by atoms with Crippen molar-refractivity contribution in [1.29, 1.82) is 0 Å². The summed E-state index contributed by atoms with van der Waals surface area (Å²) in [5.41, 5.74) is 5.91. The van der Waals surface area contributed by atoms with E-state index in [-0.39, 0.29) is 17.5 Å². The van der Waals surface area contributed by atoms with Crippen LogP contribution in [-0.4, -0.2) is 12.1 Å². The van der Waals surface area contributed by atoms with Crippen LogP contribution in [0.1, 0.15) is 126 Å². The van der Waals surface area contributed by atoms with Crippen LogP contribution in [0.3, 0.4) is 0 Å². The molecule has 4 aliphatic carbocycles. The highest BCUT2D eigenvalue weighted by Crippen LogP contribution is 2.74. The third kappa shape index (κ3) is 3.85. The lowest BCUT2D eigenvalue weighted by Gasteiger charge is -2.64. The molecular formula is C32H52O2. The molecule has 0 aromatic rings. The van der Waals surface area contributed by atoms with Gasteiger partial charge >= 0.3 is 5.97 Å². The Morgan fingerprint density at radius 2 is 1.65 bits per heavy atom. The van der Waals surface area contributed by atoms with Gasteiger partial charge in [-0.15, -0.1) is 6.58 Å². The predicted molar refractivity (Wildman–Crippen MR) is 142 cm³/mol. The summed E-state index contributed by atoms with van der Waals surface area (Å²) in [5.74, 6) is 2.33. The van der Waals surface area contributed by atoms with E-state index in [1.54, 1.807) is 18.1 Å². The first-order valence-corrected chi connectivity index (χ1v) is 14.3. The van der Waals surface area contributed by atoms with E-state index in [1.807, 2.05) is 0 Å². The summed E-state index contributed by atoms with van der Waals surface area (Å²) < 4.78 is 5.84. The average Bonchev–Trinajstić information content (AvgIpc) is 3.01. The highest BCUT2D eigenvalue weighted by Gasteiger charge is 2.66. The topological polar surface area (TPSA) is 26.3 Å². The maximum Gasteiger partial charge on any atom is 0.302 e. The number of ether oxygens (including phenoxy) is 1. The molecule has 0 saturated heterocycles. The molecule has 0 bridgehead atoms. The van der Waals surface area contributed by atoms with Gasteiger partial charge in [0.1, 0.15) is 6.10 Å². The van der Waals surface area contributed by atoms with Crippen molar-refractivity contribution in [2.45, 2.75) is 132 Å². The smallest absolute Gasteiger partial charge is 0.302 e. The minimum Gasteiger partial charge on any atom is -0.462 e. The van der Waals surface area contributed by atoms with E-state index in [0.717, 1.165) is 30.6 Å². The number of carbonyl (C=O) groups excluding carboxylic acids is 1. The summed E-state index contributed by atoms with van der Waals surface area (Å²) >= 11 is 0. The van der Waals surface area contributed by atoms with Gasteiger partial charge in [0, 0.05) is 12.3 Å². The van der Waals surface area contributed by atoms with Crippen molar-refractivity contribution in [3.05, 3.63) is 23.3 Å². The molecular weight excluding hydrogens is 416 g/mol. The Kier molecular flexibility index (Phi) is 6.74. The molecule has 2 fully saturated rings. The van der Waals surface area contributed by atoms with Crippen LogP contribution in [0, 0.1) is 39.4 Å². The van der Waals surface area contributed by atoms with Crippen LogP contribution >= 0.6 is 0 Å². The zero-order valence-corrected chi connectivity index (χ0v) is 23.6. The normalized spacial score (nSPS) is 41.8. The van der Waals surface area contributed by atoms with Crippen molar-refractivity contribution in [3.63, 3.8) is 0 Å². The monoisotopic (exact) mass is 468 g/mol. The van der Waals surface area contributed by atoms with Gasteiger partial charge in [0.2, 0.25) is 0 Å². The first kappa shape index (κ1) is 26.0. The Balaban J connectivity index is 1.61. The molecule has 0 aliphatic heterocycles. The lowest BCUT2D eigenvalue weighted by Crippen LogP contribution is -2.57. The van der Waals surface area contributed by atoms with Crippen molar-refractivity contribution >= 4 is 5.97 Å². The van der Waals surface area contributed by atoms with Crippen LogP contribution in [0.5, 0.6) is 0 Å². The van der Waals surface area contributed by atoms with Gasteiger partial charge in [-0.05, 0) is 105 Å². The van der Waals surface area contributed by atoms with Crippen molar-refractivity contribution in [3.8, 4) is 0 Å². The van der Waals surface area contributed by atoms with E-state index in [1.165, 1.54) is 63.4 Å². The molecule has 0 aromatic carbocycles. The summed E-state index contributed by atoms with van der Waals surface area (Å²) in [6.07, 6.45) is 14.0. The van der Waals surface area contributed by atoms with Crippen LogP contribution in [0.25, 0.3) is 0 Å². The maximum atomic E-state index is 11.8. The molecule has 2 nitrogen and oxygen atoms in total. The predicted octanol–water partition coefficient (Wildman–Crippen LogP) is 9.05. The van der Waals surface area contributed by atoms with E-state index < -0.39 is 0 Å². The standard InChI is InChI=1S/C32H52O2/c1-21(2)11-10-12-22(3)24-17-18-32(9)27-15-13-25-26(30(27,7)19-20-31(24,32)8)14-16-28(29(25,5)6)34-23(4)33/h22,24,27-28H,1,10-20H2,2-9H3/t22-,24-,27-,28+,30+,31-,32+/m1/s1. The van der Waals surface area contributed by atoms with Gasteiger partial charge in [0.25, 0.3) is 0 Å². The van der Waals surface area contributed by atoms with E-state index >= 15 is 0 Å². The molecule has 0 spiro atoms. The highest BCUT2D eigenvalue weighted by atomic mass is 16.5. The minimum atomic E-state index is -0.127. The Morgan fingerprint density at radius 1 is 0.971 bits per heavy atom. The van der Waals surface area contributed by atoms with Gasteiger partial charge in [-0.2, -0.15) is 0 Å². The van der Waals surface area contributed by atoms with Crippen LogP contribution in [-0.2, 0) is 9.53 Å². The second-order valence-electron chi connectivity index (χ2n) is 14.1. The molecule has 2 heteroatoms. The molecule has 0 amide bonds. The molecule has 7 atom stereocenters. The number of rotatable bonds is 6. The Bertz CT molecular complexity index is 864. The first-order chi connectivity index (χ1) is 15.8. The zero-order valence-electron chi connectivity index (χ0n) is 23.6. The Hall–Kier alpha value is -1.05. The Labute approximate surface area is 210 Å². The lowest BCUT2D eigenvalue weighted by atomic mass is 9.40. The van der Waals surface area contributed by atoms with Gasteiger partial charge < -0.3 is 4.74 Å². The van der Waals surface area contributed by atoms with E-state index in [4.69, 9.17) is 4.74 Å². The third-order valence-electron chi connectivity index (χ3n) is 12.0. The van der Waals surface area contributed by atoms with Gasteiger partial charge in [-0.3, -0.25) is 4.79 Å². The van der Waals surface area contributed by atoms with Crippen molar-refractivity contribution in [1.82, 2.24) is 0 Å². The number of hydrogen-bond donors (Lipinski definition) is 0. The van der Waals surface area contributed by atoms with Crippen molar-refractivity contribution in [2.75, 3.05) is 0 Å². The first-order valence-electron chi connectivity index (χ1n) is 14.3. The average molecular weight is 469 g/mol. The highest BCUT2D eigenvalue weighted by molar-refractivity contribution is 5.66. The second-order valence-corrected chi connectivity index (χ2v) is 14.1. The maximum absolute atomic E-state index is 11.8. The van der Waals surface area contributed by atoms with E-state index in [0.29, 0.717) is 16.2 Å². The molecule has 4 aliphatic rings. The molecule has 34 heavy (non-hydrogen) atoms. The van der Waals surface area contributed by atoms with Crippen LogP contribution in [0.15, 0.2) is 23.3 Å². The second kappa shape index (κ2) is 8.81. The number of hydrogen-bond acceptors (Lipinski definition) is 2. The number of carbonyl (C=O) groups is 1. The van der Waals surface area contributed by atoms with Crippen LogP contribution < -0.4 is 0 Å². The van der Waals surface area contributed by atoms with Crippen LogP contribution in [0.4, 0.5) is 0 Å². The van der Waals surface area contributed by atoms with E-state index in [9.17, 15) is 4.79 Å². The third-order valence-corrected chi connectivity index (χ3v) is 12.0. The van der Waals surface area contributed by atoms with Crippen LogP contribution in [0.2, 0.25) is 0 Å². The fraction of sp³-hybridized carbons (Fsp3) is 0.844. The molecule has 0 radical (unpaired) electrons. The summed E-state index contributed by atoms with van der Waals surface area (Å²) in [5, 5.41) is 0. The number of allylic oxidation sites excluding steroid dienone is 2. The van der Waals surface area contributed by atoms with Gasteiger partial charge in [-0.25, -0.2) is 0 Å². The molecule has 0 N–H and O–H groups in total. The number of fused-ring (bicyclic) bond motifs is 4. The van der Waals surface area contributed by atoms with Gasteiger partial charge in [-0.1, -0.05) is 64.7 Å². The van der Waals surface area contributed by atoms with Crippen molar-refractivity contribution in [2.24, 2.45) is 39.4 Å². The largest absolute Gasteiger partial charge is 0.462 e. The summed E-state index contributed by atoms with van der Waals surface area (Å²) in [6, 6.07) is 0. The fourth-order valence-electron chi connectivity index (χ4n) is 9.93. The summed E-state index contributed by atoms with van der Waals surface area (Å²) in [4.78, 5) is 11.8. The van der Waals surface area contributed by atoms with Crippen molar-refractivity contribution < 1.29 is 9.53 Å². The molecule has 0 heterocycles. The number of esters is 1. The molecule has 192 valence electrons. The quantitative estimate of drug-likeness (QED) is 0.287. The summed E-state index contributed by atoms with van der Waals surface area (Å²) in [6.45, 7) is 23.1. The molecule has 4 rings (SSSR count). The molecule has 0 unspecified atom stereocenters. The Morgan fingerprint density at radius 3 is 2.29 bits per heavy atom. The molecule has 2 saturated carbocycles. The zero-order chi connectivity index (χ0) is 25.1. The fourth-order valence-corrected chi connectivity index (χ4v) is 9.93. The van der Waals surface area contributed by atoms with Gasteiger partial charge in [0.05, 0.1) is 0 Å². The van der Waals surface area contributed by atoms with E-state index in [2.05, 4.69) is 55.0 Å². The van der Waals surface area contributed by atoms with Gasteiger partial charge in [0.15, 0.2) is 0 Å². The lowest BCUT2D eigenvalue weighted by molar-refractivity contribution is -0.153. The molecule has 0 aromatic heterocycles. The SMILES string of the molecule is C=C(C)CCC[C@@H](C)[C@H]1CC[C@@]2(C)[C@@H]3CCC4=C(CC[C@H](OC(C)=O)C4(C)C)[C@]3(C)CC[C@]12C. The minimum absolute atomic E-state index is 0.0317.